The molecule has 0 bridgehead atoms. The second-order valence-electron chi connectivity index (χ2n) is 5.82. The Kier molecular flexibility index (Phi) is 20.8. The minimum absolute atomic E-state index is 0.272. The Morgan fingerprint density at radius 1 is 0.556 bits per heavy atom. The van der Waals surface area contributed by atoms with E-state index in [9.17, 15) is 4.79 Å². The van der Waals surface area contributed by atoms with Crippen LogP contribution in [0.2, 0.25) is 0 Å². The maximum absolute atomic E-state index is 10.5. The van der Waals surface area contributed by atoms with Crippen molar-refractivity contribution in [2.45, 2.75) is 6.92 Å². The van der Waals surface area contributed by atoms with Gasteiger partial charge in [0.25, 0.3) is 0 Å². The Bertz CT molecular complexity index is 318. The summed E-state index contributed by atoms with van der Waals surface area (Å²) in [6, 6.07) is 0. The van der Waals surface area contributed by atoms with Gasteiger partial charge in [-0.05, 0) is 14.1 Å². The molecule has 0 unspecified atom stereocenters. The number of hydrogen-bond donors (Lipinski definition) is 0. The number of nitrogens with zero attached hydrogens (tertiary/aromatic N) is 1. The molecule has 0 saturated carbocycles. The lowest BCUT2D eigenvalue weighted by Gasteiger charge is -2.10. The van der Waals surface area contributed by atoms with Crippen LogP contribution in [0, 0.1) is 0 Å². The first kappa shape index (κ1) is 26.2. The van der Waals surface area contributed by atoms with Crippen molar-refractivity contribution in [3.63, 3.8) is 0 Å². The van der Waals surface area contributed by atoms with Crippen LogP contribution in [0.3, 0.4) is 0 Å². The Balaban J connectivity index is 3.00. The fourth-order valence-electron chi connectivity index (χ4n) is 1.69. The molecule has 0 aliphatic carbocycles. The van der Waals surface area contributed by atoms with Crippen molar-refractivity contribution in [1.82, 2.24) is 4.90 Å². The molecule has 0 fully saturated rings. The van der Waals surface area contributed by atoms with Gasteiger partial charge in [0, 0.05) is 13.5 Å². The fourth-order valence-corrected chi connectivity index (χ4v) is 1.69. The molecule has 0 spiro atoms. The lowest BCUT2D eigenvalue weighted by atomic mass is 10.6. The van der Waals surface area contributed by atoms with E-state index in [1.165, 1.54) is 6.92 Å². The van der Waals surface area contributed by atoms with Gasteiger partial charge in [0.15, 0.2) is 0 Å². The van der Waals surface area contributed by atoms with Crippen LogP contribution in [-0.2, 0) is 38.0 Å². The fraction of sp³-hybridized carbons (Fsp3) is 0.944. The Hall–Kier alpha value is -0.810. The summed E-state index contributed by atoms with van der Waals surface area (Å²) in [5, 5.41) is 0. The normalized spacial score (nSPS) is 11.3. The molecule has 162 valence electrons. The quantitative estimate of drug-likeness (QED) is 0.200. The zero-order valence-electron chi connectivity index (χ0n) is 17.1. The third kappa shape index (κ3) is 25.2. The minimum Gasteiger partial charge on any atom is -0.463 e. The van der Waals surface area contributed by atoms with E-state index in [4.69, 9.17) is 33.2 Å². The predicted octanol–water partition coefficient (Wildman–Crippen LogP) is 0.211. The second kappa shape index (κ2) is 21.5. The van der Waals surface area contributed by atoms with Gasteiger partial charge in [-0.15, -0.1) is 0 Å². The van der Waals surface area contributed by atoms with Gasteiger partial charge in [-0.25, -0.2) is 0 Å². The first-order valence-electron chi connectivity index (χ1n) is 9.37. The summed E-state index contributed by atoms with van der Waals surface area (Å²) in [5.41, 5.74) is 0. The van der Waals surface area contributed by atoms with Gasteiger partial charge in [0.1, 0.15) is 6.61 Å². The third-order valence-corrected chi connectivity index (χ3v) is 3.08. The number of likely N-dealkylation sites (N-methyl/N-ethyl adjacent to an activating group) is 1. The second-order valence-corrected chi connectivity index (χ2v) is 5.82. The third-order valence-electron chi connectivity index (χ3n) is 3.08. The van der Waals surface area contributed by atoms with Crippen molar-refractivity contribution in [2.75, 3.05) is 107 Å². The summed E-state index contributed by atoms with van der Waals surface area (Å²) >= 11 is 0. The molecule has 0 N–H and O–H groups in total. The van der Waals surface area contributed by atoms with Gasteiger partial charge in [-0.3, -0.25) is 4.79 Å². The van der Waals surface area contributed by atoms with E-state index in [1.807, 2.05) is 14.1 Å². The van der Waals surface area contributed by atoms with E-state index in [0.717, 1.165) is 13.2 Å². The van der Waals surface area contributed by atoms with Gasteiger partial charge in [-0.1, -0.05) is 0 Å². The van der Waals surface area contributed by atoms with Crippen molar-refractivity contribution in [1.29, 1.82) is 0 Å². The Labute approximate surface area is 163 Å². The molecule has 0 aromatic carbocycles. The SMILES string of the molecule is CC(=O)OCCOCCOCCOCCOCCOCCOCCN(C)C. The summed E-state index contributed by atoms with van der Waals surface area (Å²) in [6.07, 6.45) is 0. The lowest BCUT2D eigenvalue weighted by molar-refractivity contribution is -0.142. The highest BCUT2D eigenvalue weighted by Crippen LogP contribution is 1.85. The molecular weight excluding hydrogens is 358 g/mol. The standard InChI is InChI=1S/C18H37NO8/c1-18(20)27-17-16-26-15-14-25-13-12-24-11-10-23-9-8-22-7-6-21-5-4-19(2)3/h4-17H2,1-3H3. The van der Waals surface area contributed by atoms with Crippen molar-refractivity contribution in [2.24, 2.45) is 0 Å². The number of carbonyl (C=O) groups excluding carboxylic acids is 1. The highest BCUT2D eigenvalue weighted by molar-refractivity contribution is 5.65. The maximum Gasteiger partial charge on any atom is 0.302 e. The van der Waals surface area contributed by atoms with Gasteiger partial charge < -0.3 is 38.1 Å². The van der Waals surface area contributed by atoms with Gasteiger partial charge in [0.2, 0.25) is 0 Å². The van der Waals surface area contributed by atoms with E-state index < -0.39 is 0 Å². The van der Waals surface area contributed by atoms with Crippen molar-refractivity contribution >= 4 is 5.97 Å². The van der Waals surface area contributed by atoms with Crippen LogP contribution in [0.5, 0.6) is 0 Å². The number of carbonyl (C=O) groups is 1. The summed E-state index contributed by atoms with van der Waals surface area (Å²) in [4.78, 5) is 12.6. The molecule has 9 nitrogen and oxygen atoms in total. The van der Waals surface area contributed by atoms with E-state index in [0.29, 0.717) is 72.7 Å². The van der Waals surface area contributed by atoms with Gasteiger partial charge in [-0.2, -0.15) is 0 Å². The minimum atomic E-state index is -0.302. The van der Waals surface area contributed by atoms with Crippen LogP contribution < -0.4 is 0 Å². The van der Waals surface area contributed by atoms with Crippen LogP contribution in [0.25, 0.3) is 0 Å². The number of ether oxygens (including phenoxy) is 7. The van der Waals surface area contributed by atoms with Gasteiger partial charge in [0.05, 0.1) is 79.3 Å². The van der Waals surface area contributed by atoms with Crippen molar-refractivity contribution in [3.05, 3.63) is 0 Å². The highest BCUT2D eigenvalue weighted by atomic mass is 16.6. The Morgan fingerprint density at radius 3 is 1.15 bits per heavy atom. The molecule has 0 aromatic heterocycles. The van der Waals surface area contributed by atoms with Crippen LogP contribution in [0.4, 0.5) is 0 Å². The largest absolute Gasteiger partial charge is 0.463 e. The molecule has 0 amide bonds. The zero-order valence-corrected chi connectivity index (χ0v) is 17.1. The summed E-state index contributed by atoms with van der Waals surface area (Å²) in [6.45, 7) is 8.95. The summed E-state index contributed by atoms with van der Waals surface area (Å²) < 4.78 is 36.9. The highest BCUT2D eigenvalue weighted by Gasteiger charge is 1.95. The number of rotatable bonds is 21. The van der Waals surface area contributed by atoms with Crippen LogP contribution in [0.15, 0.2) is 0 Å². The summed E-state index contributed by atoms with van der Waals surface area (Å²) in [5.74, 6) is -0.302. The topological polar surface area (TPSA) is 84.9 Å². The van der Waals surface area contributed by atoms with Crippen molar-refractivity contribution in [3.8, 4) is 0 Å². The van der Waals surface area contributed by atoms with Gasteiger partial charge >= 0.3 is 5.97 Å². The monoisotopic (exact) mass is 395 g/mol. The zero-order chi connectivity index (χ0) is 20.0. The molecule has 0 atom stereocenters. The maximum atomic E-state index is 10.5. The van der Waals surface area contributed by atoms with E-state index in [1.54, 1.807) is 0 Å². The Morgan fingerprint density at radius 2 is 0.852 bits per heavy atom. The van der Waals surface area contributed by atoms with E-state index in [2.05, 4.69) is 4.90 Å². The molecule has 27 heavy (non-hydrogen) atoms. The van der Waals surface area contributed by atoms with Crippen LogP contribution >= 0.6 is 0 Å². The predicted molar refractivity (Wildman–Crippen MR) is 100 cm³/mol. The molecule has 0 radical (unpaired) electrons. The molecule has 0 aliphatic rings. The lowest BCUT2D eigenvalue weighted by Crippen LogP contribution is -2.19. The van der Waals surface area contributed by atoms with E-state index >= 15 is 0 Å². The first-order chi connectivity index (χ1) is 13.1. The summed E-state index contributed by atoms with van der Waals surface area (Å²) in [7, 11) is 4.03. The molecule has 0 saturated heterocycles. The van der Waals surface area contributed by atoms with Crippen molar-refractivity contribution < 1.29 is 38.0 Å². The average molecular weight is 395 g/mol. The molecule has 0 aliphatic heterocycles. The molecule has 0 aromatic rings. The van der Waals surface area contributed by atoms with Crippen LogP contribution in [-0.4, -0.2) is 117 Å². The smallest absolute Gasteiger partial charge is 0.302 e. The molecular formula is C18H37NO8. The average Bonchev–Trinajstić information content (AvgIpc) is 2.62. The van der Waals surface area contributed by atoms with E-state index in [-0.39, 0.29) is 12.6 Å². The van der Waals surface area contributed by atoms with Crippen LogP contribution in [0.1, 0.15) is 6.92 Å². The molecule has 9 heteroatoms. The first-order valence-corrected chi connectivity index (χ1v) is 9.37. The number of hydrogen-bond acceptors (Lipinski definition) is 9. The molecule has 0 heterocycles. The number of esters is 1. The molecule has 0 rings (SSSR count).